The van der Waals surface area contributed by atoms with Crippen molar-refractivity contribution in [1.29, 1.82) is 0 Å². The maximum absolute atomic E-state index is 13.8. The maximum Gasteiger partial charge on any atom is 0.264 e. The van der Waals surface area contributed by atoms with Crippen LogP contribution < -0.4 is 23.8 Å². The highest BCUT2D eigenvalue weighted by molar-refractivity contribution is 7.92. The molecule has 0 unspecified atom stereocenters. The van der Waals surface area contributed by atoms with E-state index in [1.807, 2.05) is 13.8 Å². The molecule has 3 aromatic rings. The quantitative estimate of drug-likeness (QED) is 0.386. The predicted octanol–water partition coefficient (Wildman–Crippen LogP) is 5.12. The number of amides is 1. The van der Waals surface area contributed by atoms with Gasteiger partial charge in [-0.05, 0) is 56.3 Å². The Bertz CT molecular complexity index is 1350. The zero-order chi connectivity index (χ0) is 26.5. The Morgan fingerprint density at radius 3 is 2.39 bits per heavy atom. The van der Waals surface area contributed by atoms with E-state index >= 15 is 0 Å². The van der Waals surface area contributed by atoms with Gasteiger partial charge in [0.25, 0.3) is 10.0 Å². The highest BCUT2D eigenvalue weighted by Crippen LogP contribution is 2.33. The molecule has 0 aliphatic rings. The first kappa shape index (κ1) is 27.1. The van der Waals surface area contributed by atoms with Gasteiger partial charge in [-0.15, -0.1) is 0 Å². The van der Waals surface area contributed by atoms with Gasteiger partial charge >= 0.3 is 0 Å². The third kappa shape index (κ3) is 6.38. The number of carbonyl (C=O) groups excluding carboxylic acids is 1. The molecule has 0 aliphatic carbocycles. The van der Waals surface area contributed by atoms with E-state index in [0.29, 0.717) is 17.2 Å². The van der Waals surface area contributed by atoms with Crippen LogP contribution in [-0.2, 0) is 14.8 Å². The molecule has 0 heterocycles. The van der Waals surface area contributed by atoms with Crippen LogP contribution in [0.25, 0.3) is 0 Å². The summed E-state index contributed by atoms with van der Waals surface area (Å²) in [6.45, 7) is 3.12. The number of carbonyl (C=O) groups is 1. The Labute approximate surface area is 214 Å². The second-order valence-corrected chi connectivity index (χ2v) is 10.1. The number of methoxy groups -OCH3 is 2. The number of rotatable bonds is 10. The number of anilines is 2. The topological polar surface area (TPSA) is 94.2 Å². The van der Waals surface area contributed by atoms with Crippen LogP contribution in [0.5, 0.6) is 17.2 Å². The average molecular weight is 537 g/mol. The lowest BCUT2D eigenvalue weighted by Crippen LogP contribution is -2.38. The fraction of sp³-hybridized carbons (Fsp3) is 0.240. The molecule has 0 radical (unpaired) electrons. The zero-order valence-electron chi connectivity index (χ0n) is 20.1. The molecule has 192 valence electrons. The molecule has 8 nitrogen and oxygen atoms in total. The van der Waals surface area contributed by atoms with E-state index in [1.54, 1.807) is 24.3 Å². The van der Waals surface area contributed by atoms with Gasteiger partial charge in [0.1, 0.15) is 18.1 Å². The van der Waals surface area contributed by atoms with Crippen LogP contribution in [0.2, 0.25) is 5.02 Å². The van der Waals surface area contributed by atoms with E-state index in [-0.39, 0.29) is 27.5 Å². The molecule has 11 heteroatoms. The van der Waals surface area contributed by atoms with Crippen molar-refractivity contribution < 1.29 is 31.8 Å². The molecular formula is C25H26ClFN2O6S. The normalized spacial score (nSPS) is 11.2. The minimum Gasteiger partial charge on any atom is -0.493 e. The Hall–Kier alpha value is -3.50. The highest BCUT2D eigenvalue weighted by atomic mass is 35.5. The van der Waals surface area contributed by atoms with Crippen molar-refractivity contribution in [3.63, 3.8) is 0 Å². The molecular weight excluding hydrogens is 511 g/mol. The van der Waals surface area contributed by atoms with Gasteiger partial charge in [-0.3, -0.25) is 9.10 Å². The largest absolute Gasteiger partial charge is 0.493 e. The lowest BCUT2D eigenvalue weighted by molar-refractivity contribution is -0.114. The second kappa shape index (κ2) is 11.5. The minimum absolute atomic E-state index is 0.00299. The van der Waals surface area contributed by atoms with E-state index < -0.39 is 28.3 Å². The average Bonchev–Trinajstić information content (AvgIpc) is 2.83. The molecule has 0 saturated heterocycles. The summed E-state index contributed by atoms with van der Waals surface area (Å²) in [4.78, 5) is 12.8. The Balaban J connectivity index is 1.97. The first-order valence-corrected chi connectivity index (χ1v) is 12.6. The SMILES string of the molecule is COc1ccc(S(=O)(=O)N(CC(=O)Nc2cccc(OC(C)C)c2)c2ccc(F)c(Cl)c2)cc1OC. The standard InChI is InChI=1S/C25H26ClFN2O6S/c1-16(2)35-19-7-5-6-17(12-19)28-25(30)15-29(18-8-10-22(27)21(26)13-18)36(31,32)20-9-11-23(33-3)24(14-20)34-4/h5-14,16H,15H2,1-4H3,(H,28,30). The molecule has 0 spiro atoms. The number of sulfonamides is 1. The number of hydrogen-bond donors (Lipinski definition) is 1. The molecule has 3 aromatic carbocycles. The molecule has 0 aliphatic heterocycles. The van der Waals surface area contributed by atoms with Gasteiger partial charge in [-0.2, -0.15) is 0 Å². The molecule has 0 bridgehead atoms. The lowest BCUT2D eigenvalue weighted by atomic mass is 10.3. The monoisotopic (exact) mass is 536 g/mol. The van der Waals surface area contributed by atoms with Crippen LogP contribution in [0.1, 0.15) is 13.8 Å². The number of nitrogens with zero attached hydrogens (tertiary/aromatic N) is 1. The van der Waals surface area contributed by atoms with Gasteiger partial charge in [-0.1, -0.05) is 17.7 Å². The molecule has 0 atom stereocenters. The molecule has 0 aromatic heterocycles. The van der Waals surface area contributed by atoms with E-state index in [2.05, 4.69) is 5.32 Å². The molecule has 3 rings (SSSR count). The van der Waals surface area contributed by atoms with Gasteiger partial charge in [0, 0.05) is 17.8 Å². The Kier molecular flexibility index (Phi) is 8.65. The summed E-state index contributed by atoms with van der Waals surface area (Å²) in [5.41, 5.74) is 0.418. The van der Waals surface area contributed by atoms with Crippen molar-refractivity contribution in [1.82, 2.24) is 0 Å². The number of halogens is 2. The van der Waals surface area contributed by atoms with Crippen molar-refractivity contribution >= 4 is 38.9 Å². The van der Waals surface area contributed by atoms with Gasteiger partial charge in [0.2, 0.25) is 5.91 Å². The van der Waals surface area contributed by atoms with Crippen molar-refractivity contribution in [3.8, 4) is 17.2 Å². The number of hydrogen-bond acceptors (Lipinski definition) is 6. The van der Waals surface area contributed by atoms with Crippen molar-refractivity contribution in [2.45, 2.75) is 24.8 Å². The number of ether oxygens (including phenoxy) is 3. The van der Waals surface area contributed by atoms with Crippen LogP contribution in [0, 0.1) is 5.82 Å². The van der Waals surface area contributed by atoms with E-state index in [9.17, 15) is 17.6 Å². The van der Waals surface area contributed by atoms with Crippen molar-refractivity contribution in [2.75, 3.05) is 30.4 Å². The van der Waals surface area contributed by atoms with Crippen LogP contribution in [0.15, 0.2) is 65.6 Å². The summed E-state index contributed by atoms with van der Waals surface area (Å²) in [6, 6.07) is 14.1. The highest BCUT2D eigenvalue weighted by Gasteiger charge is 2.29. The first-order valence-electron chi connectivity index (χ1n) is 10.8. The van der Waals surface area contributed by atoms with Gasteiger partial charge < -0.3 is 19.5 Å². The number of benzene rings is 3. The van der Waals surface area contributed by atoms with E-state index in [0.717, 1.165) is 16.4 Å². The maximum atomic E-state index is 13.8. The summed E-state index contributed by atoms with van der Waals surface area (Å²) in [7, 11) is -1.53. The molecule has 1 amide bonds. The predicted molar refractivity (Wildman–Crippen MR) is 136 cm³/mol. The van der Waals surface area contributed by atoms with Gasteiger partial charge in [0.05, 0.1) is 35.9 Å². The lowest BCUT2D eigenvalue weighted by Gasteiger charge is -2.25. The van der Waals surface area contributed by atoms with Gasteiger partial charge in [-0.25, -0.2) is 12.8 Å². The number of nitrogens with one attached hydrogen (secondary N) is 1. The fourth-order valence-corrected chi connectivity index (χ4v) is 4.91. The summed E-state index contributed by atoms with van der Waals surface area (Å²) >= 11 is 5.92. The minimum atomic E-state index is -4.32. The van der Waals surface area contributed by atoms with Crippen molar-refractivity contribution in [3.05, 3.63) is 71.5 Å². The molecule has 36 heavy (non-hydrogen) atoms. The molecule has 1 N–H and O–H groups in total. The van der Waals surface area contributed by atoms with Crippen LogP contribution in [-0.4, -0.2) is 41.2 Å². The molecule has 0 fully saturated rings. The smallest absolute Gasteiger partial charge is 0.264 e. The fourth-order valence-electron chi connectivity index (χ4n) is 3.31. The summed E-state index contributed by atoms with van der Waals surface area (Å²) < 4.78 is 58.0. The van der Waals surface area contributed by atoms with Gasteiger partial charge in [0.15, 0.2) is 11.5 Å². The van der Waals surface area contributed by atoms with E-state index in [1.165, 1.54) is 38.5 Å². The third-order valence-electron chi connectivity index (χ3n) is 4.91. The summed E-state index contributed by atoms with van der Waals surface area (Å²) in [6.07, 6.45) is -0.0682. The summed E-state index contributed by atoms with van der Waals surface area (Å²) in [5.74, 6) is -0.310. The zero-order valence-corrected chi connectivity index (χ0v) is 21.7. The van der Waals surface area contributed by atoms with Crippen LogP contribution >= 0.6 is 11.6 Å². The second-order valence-electron chi connectivity index (χ2n) is 7.87. The Morgan fingerprint density at radius 2 is 1.75 bits per heavy atom. The molecule has 0 saturated carbocycles. The van der Waals surface area contributed by atoms with Crippen LogP contribution in [0.3, 0.4) is 0 Å². The van der Waals surface area contributed by atoms with E-state index in [4.69, 9.17) is 25.8 Å². The first-order chi connectivity index (χ1) is 17.0. The van der Waals surface area contributed by atoms with Crippen molar-refractivity contribution in [2.24, 2.45) is 0 Å². The summed E-state index contributed by atoms with van der Waals surface area (Å²) in [5, 5.41) is 2.38. The van der Waals surface area contributed by atoms with Crippen LogP contribution in [0.4, 0.5) is 15.8 Å². The third-order valence-corrected chi connectivity index (χ3v) is 6.97. The Morgan fingerprint density at radius 1 is 1.03 bits per heavy atom.